The third-order valence-electron chi connectivity index (χ3n) is 21.1. The molecule has 500 valence electrons. The minimum atomic E-state index is -1.93. The average Bonchev–Trinajstić information content (AvgIpc) is 1.26. The van der Waals surface area contributed by atoms with Crippen LogP contribution in [0.4, 0.5) is 0 Å². The zero-order valence-corrected chi connectivity index (χ0v) is 54.3. The van der Waals surface area contributed by atoms with Crippen LogP contribution in [0.3, 0.4) is 0 Å². The number of aliphatic hydroxyl groups is 1. The van der Waals surface area contributed by atoms with Crippen molar-refractivity contribution < 1.29 is 71.9 Å². The number of amides is 3. The van der Waals surface area contributed by atoms with Crippen molar-refractivity contribution in [3.05, 3.63) is 89.7 Å². The van der Waals surface area contributed by atoms with Crippen LogP contribution in [0, 0.1) is 35.5 Å². The lowest BCUT2D eigenvalue weighted by atomic mass is 9.68. The molecule has 5 atom stereocenters. The number of hydrogen-bond donors (Lipinski definition) is 1. The molecular formula is C73H98N4O15. The molecule has 1 aromatic heterocycles. The summed E-state index contributed by atoms with van der Waals surface area (Å²) >= 11 is 0. The van der Waals surface area contributed by atoms with Gasteiger partial charge in [0.1, 0.15) is 35.2 Å². The minimum absolute atomic E-state index is 0.0136. The number of benzene rings is 2. The standard InChI is InChI=1S/C73H98N4O15/c1-88-59-30-22-50(23-31-59)15-9-12-45-91-71(85)62-47-57(36-42-76(62)67(81)64(78)55-19-6-3-7-20-55)53-26-28-56(29-27-53)65(79)68(82)77-43-37-58(48-63(77)72(86)92-46-14-18-51-24-32-60(89-2)33-25-51)54-34-38-73(87,39-35-54)66(80)69(83)75-41-10-8-21-61(75)70(84)90-44-11-4-5-16-52-17-13-40-74-49-52/h13,17,22-25,30-33,40,49,53-58,61-63,87H,3-12,14-16,18-21,26-29,34-39,41-48H2,1-2H3. The summed E-state index contributed by atoms with van der Waals surface area (Å²) in [5, 5.41) is 11.9. The van der Waals surface area contributed by atoms with Crippen molar-refractivity contribution in [2.24, 2.45) is 35.5 Å². The van der Waals surface area contributed by atoms with Crippen LogP contribution < -0.4 is 9.47 Å². The van der Waals surface area contributed by atoms with E-state index in [9.17, 15) is 48.3 Å². The van der Waals surface area contributed by atoms with E-state index >= 15 is 0 Å². The SMILES string of the molecule is COc1ccc(CCCCOC(=O)C2CC(C3CCC(C(=O)C(=O)N4CCC(C5CCC(O)(C(=O)C(=O)N6CCCCC6C(=O)OCCCCCc6cccnc6)CC5)CC4C(=O)OCCCc4ccc(OC)cc4)CC3)CCN2C(=O)C(=O)C2CCCCC2)cc1. The summed E-state index contributed by atoms with van der Waals surface area (Å²) < 4.78 is 28.0. The number of ketones is 3. The number of pyridine rings is 1. The van der Waals surface area contributed by atoms with Gasteiger partial charge in [0.15, 0.2) is 0 Å². The third kappa shape index (κ3) is 18.4. The Hall–Kier alpha value is -7.02. The Morgan fingerprint density at radius 2 is 0.924 bits per heavy atom. The van der Waals surface area contributed by atoms with E-state index in [0.29, 0.717) is 116 Å². The van der Waals surface area contributed by atoms with Gasteiger partial charge in [0, 0.05) is 43.9 Å². The summed E-state index contributed by atoms with van der Waals surface area (Å²) in [7, 11) is 3.23. The first-order valence-electron chi connectivity index (χ1n) is 34.6. The van der Waals surface area contributed by atoms with Gasteiger partial charge in [0.05, 0.1) is 34.0 Å². The maximum atomic E-state index is 14.6. The van der Waals surface area contributed by atoms with Crippen molar-refractivity contribution in [2.75, 3.05) is 53.7 Å². The number of carbonyl (C=O) groups excluding carboxylic acids is 9. The van der Waals surface area contributed by atoms with Crippen molar-refractivity contribution in [2.45, 2.75) is 210 Å². The van der Waals surface area contributed by atoms with Crippen molar-refractivity contribution in [3.63, 3.8) is 0 Å². The molecule has 19 heteroatoms. The van der Waals surface area contributed by atoms with Gasteiger partial charge < -0.3 is 43.5 Å². The molecule has 1 N–H and O–H groups in total. The van der Waals surface area contributed by atoms with Crippen LogP contribution in [0.2, 0.25) is 0 Å². The Labute approximate surface area is 542 Å². The maximum Gasteiger partial charge on any atom is 0.328 e. The number of nitrogens with zero attached hydrogens (tertiary/aromatic N) is 4. The number of aryl methyl sites for hydroxylation is 3. The van der Waals surface area contributed by atoms with E-state index in [2.05, 4.69) is 4.98 Å². The first-order valence-corrected chi connectivity index (χ1v) is 34.6. The second-order valence-corrected chi connectivity index (χ2v) is 26.9. The van der Waals surface area contributed by atoms with Gasteiger partial charge in [-0.05, 0) is 238 Å². The third-order valence-corrected chi connectivity index (χ3v) is 21.1. The summed E-state index contributed by atoms with van der Waals surface area (Å²) in [5.41, 5.74) is 1.39. The summed E-state index contributed by atoms with van der Waals surface area (Å²) in [5.74, 6) is -5.18. The largest absolute Gasteiger partial charge is 0.497 e. The van der Waals surface area contributed by atoms with Gasteiger partial charge in [0.2, 0.25) is 11.6 Å². The molecule has 0 spiro atoms. The Kier molecular flexibility index (Phi) is 25.8. The van der Waals surface area contributed by atoms with Crippen LogP contribution in [-0.4, -0.2) is 155 Å². The van der Waals surface area contributed by atoms with Crippen LogP contribution in [0.5, 0.6) is 11.5 Å². The predicted molar refractivity (Wildman–Crippen MR) is 342 cm³/mol. The molecule has 3 saturated carbocycles. The normalized spacial score (nSPS) is 25.4. The van der Waals surface area contributed by atoms with E-state index in [1.54, 1.807) is 20.4 Å². The zero-order valence-electron chi connectivity index (χ0n) is 54.3. The summed E-state index contributed by atoms with van der Waals surface area (Å²) in [6.07, 6.45) is 20.7. The van der Waals surface area contributed by atoms with Gasteiger partial charge in [-0.3, -0.25) is 33.8 Å². The second kappa shape index (κ2) is 34.2. The lowest BCUT2D eigenvalue weighted by molar-refractivity contribution is -0.166. The number of esters is 3. The molecule has 9 rings (SSSR count). The zero-order chi connectivity index (χ0) is 65.0. The number of piperidine rings is 3. The lowest BCUT2D eigenvalue weighted by Gasteiger charge is -2.44. The first kappa shape index (κ1) is 69.3. The van der Waals surface area contributed by atoms with E-state index in [1.807, 2.05) is 66.9 Å². The van der Waals surface area contributed by atoms with Crippen molar-refractivity contribution in [1.82, 2.24) is 19.7 Å². The fourth-order valence-corrected chi connectivity index (χ4v) is 15.4. The number of rotatable bonds is 28. The second-order valence-electron chi connectivity index (χ2n) is 26.9. The van der Waals surface area contributed by atoms with Crippen molar-refractivity contribution in [3.8, 4) is 11.5 Å². The minimum Gasteiger partial charge on any atom is -0.497 e. The van der Waals surface area contributed by atoms with E-state index in [1.165, 1.54) is 14.7 Å². The molecule has 92 heavy (non-hydrogen) atoms. The topological polar surface area (TPSA) is 243 Å². The number of methoxy groups -OCH3 is 2. The number of carbonyl (C=O) groups is 9. The predicted octanol–water partition coefficient (Wildman–Crippen LogP) is 9.71. The molecule has 0 bridgehead atoms. The Balaban J connectivity index is 0.786. The molecule has 19 nitrogen and oxygen atoms in total. The molecule has 3 saturated heterocycles. The molecule has 3 amide bonds. The number of aromatic nitrogens is 1. The molecule has 2 aromatic carbocycles. The Bertz CT molecular complexity index is 2950. The van der Waals surface area contributed by atoms with Crippen LogP contribution in [0.25, 0.3) is 0 Å². The summed E-state index contributed by atoms with van der Waals surface area (Å²) in [6, 6.07) is 16.6. The molecular weight excluding hydrogens is 1170 g/mol. The smallest absolute Gasteiger partial charge is 0.328 e. The van der Waals surface area contributed by atoms with Gasteiger partial charge in [-0.1, -0.05) is 49.6 Å². The van der Waals surface area contributed by atoms with Gasteiger partial charge >= 0.3 is 17.9 Å². The summed E-state index contributed by atoms with van der Waals surface area (Å²) in [6.45, 7) is 1.07. The molecule has 5 unspecified atom stereocenters. The molecule has 0 radical (unpaired) electrons. The number of hydrogen-bond acceptors (Lipinski definition) is 16. The van der Waals surface area contributed by atoms with E-state index in [-0.39, 0.29) is 88.3 Å². The van der Waals surface area contributed by atoms with Crippen LogP contribution in [0.15, 0.2) is 73.1 Å². The molecule has 6 fully saturated rings. The highest BCUT2D eigenvalue weighted by Crippen LogP contribution is 2.44. The molecule has 3 aromatic rings. The molecule has 6 aliphatic rings. The average molecular weight is 1270 g/mol. The highest BCUT2D eigenvalue weighted by molar-refractivity contribution is 6.39. The quantitative estimate of drug-likeness (QED) is 0.0308. The highest BCUT2D eigenvalue weighted by Gasteiger charge is 2.50. The van der Waals surface area contributed by atoms with Crippen molar-refractivity contribution in [1.29, 1.82) is 0 Å². The number of ether oxygens (including phenoxy) is 5. The van der Waals surface area contributed by atoms with Gasteiger partial charge in [-0.15, -0.1) is 0 Å². The van der Waals surface area contributed by atoms with Crippen LogP contribution in [-0.2, 0) is 76.6 Å². The Morgan fingerprint density at radius 1 is 0.457 bits per heavy atom. The first-order chi connectivity index (χ1) is 44.6. The lowest BCUT2D eigenvalue weighted by Crippen LogP contribution is -2.57. The molecule has 3 aliphatic carbocycles. The van der Waals surface area contributed by atoms with Crippen LogP contribution in [0.1, 0.15) is 184 Å². The molecule has 3 aliphatic heterocycles. The fraction of sp³-hybridized carbons (Fsp3) is 0.644. The maximum absolute atomic E-state index is 14.6. The van der Waals surface area contributed by atoms with E-state index in [4.69, 9.17) is 23.7 Å². The Morgan fingerprint density at radius 3 is 1.47 bits per heavy atom. The monoisotopic (exact) mass is 1270 g/mol. The van der Waals surface area contributed by atoms with E-state index < -0.39 is 82.6 Å². The highest BCUT2D eigenvalue weighted by atomic mass is 16.5. The number of likely N-dealkylation sites (tertiary alicyclic amines) is 3. The summed E-state index contributed by atoms with van der Waals surface area (Å²) in [4.78, 5) is 135. The van der Waals surface area contributed by atoms with Gasteiger partial charge in [0.25, 0.3) is 23.5 Å². The van der Waals surface area contributed by atoms with E-state index in [0.717, 1.165) is 79.6 Å². The number of Topliss-reactive ketones (excluding diaryl/α,β-unsaturated/α-hetero) is 3. The van der Waals surface area contributed by atoms with Gasteiger partial charge in [-0.25, -0.2) is 14.4 Å². The van der Waals surface area contributed by atoms with Crippen molar-refractivity contribution >= 4 is 53.0 Å². The fourth-order valence-electron chi connectivity index (χ4n) is 15.4. The molecule has 4 heterocycles. The number of unbranched alkanes of at least 4 members (excludes halogenated alkanes) is 3. The van der Waals surface area contributed by atoms with Crippen LogP contribution >= 0.6 is 0 Å². The van der Waals surface area contributed by atoms with Gasteiger partial charge in [-0.2, -0.15) is 0 Å².